The Morgan fingerprint density at radius 1 is 1.10 bits per heavy atom. The summed E-state index contributed by atoms with van der Waals surface area (Å²) >= 11 is 0. The maximum atomic E-state index is 13.6. The van der Waals surface area contributed by atoms with Crippen LogP contribution in [0, 0.1) is 12.7 Å². The van der Waals surface area contributed by atoms with Crippen molar-refractivity contribution in [1.82, 2.24) is 20.0 Å². The van der Waals surface area contributed by atoms with E-state index in [9.17, 15) is 4.39 Å². The topological polar surface area (TPSA) is 33.1 Å². The molecule has 0 saturated carbocycles. The van der Waals surface area contributed by atoms with Crippen LogP contribution in [-0.2, 0) is 6.42 Å². The molecule has 0 aliphatic carbocycles. The molecule has 1 atom stereocenters. The largest absolute Gasteiger partial charge is 0.307 e. The molecule has 158 valence electrons. The van der Waals surface area contributed by atoms with Crippen LogP contribution in [0.5, 0.6) is 0 Å². The first-order chi connectivity index (χ1) is 14.6. The second-order valence-electron chi connectivity index (χ2n) is 8.32. The third-order valence-corrected chi connectivity index (χ3v) is 6.20. The van der Waals surface area contributed by atoms with Gasteiger partial charge >= 0.3 is 0 Å². The van der Waals surface area contributed by atoms with Crippen LogP contribution in [0.2, 0.25) is 0 Å². The summed E-state index contributed by atoms with van der Waals surface area (Å²) in [4.78, 5) is 2.57. The summed E-state index contributed by atoms with van der Waals surface area (Å²) in [5, 5.41) is 8.30. The van der Waals surface area contributed by atoms with Crippen molar-refractivity contribution in [2.75, 3.05) is 19.6 Å². The van der Waals surface area contributed by atoms with Crippen LogP contribution < -0.4 is 5.32 Å². The third-order valence-electron chi connectivity index (χ3n) is 6.20. The van der Waals surface area contributed by atoms with Crippen LogP contribution in [0.4, 0.5) is 4.39 Å². The first-order valence-electron chi connectivity index (χ1n) is 10.9. The van der Waals surface area contributed by atoms with Gasteiger partial charge in [-0.05, 0) is 70.0 Å². The molecule has 3 aromatic rings. The molecular formula is C25H31FN4. The van der Waals surface area contributed by atoms with Gasteiger partial charge in [0.25, 0.3) is 0 Å². The number of nitrogens with zero attached hydrogens (tertiary/aromatic N) is 3. The third kappa shape index (κ3) is 4.97. The zero-order valence-electron chi connectivity index (χ0n) is 17.9. The number of likely N-dealkylation sites (tertiary alicyclic amines) is 1. The first-order valence-corrected chi connectivity index (χ1v) is 10.9. The highest BCUT2D eigenvalue weighted by molar-refractivity contribution is 5.35. The Hall–Kier alpha value is -2.50. The van der Waals surface area contributed by atoms with Crippen LogP contribution in [0.25, 0.3) is 5.69 Å². The molecular weight excluding hydrogens is 375 g/mol. The average Bonchev–Trinajstić information content (AvgIpc) is 3.15. The van der Waals surface area contributed by atoms with Crippen molar-refractivity contribution in [1.29, 1.82) is 0 Å². The van der Waals surface area contributed by atoms with Crippen molar-refractivity contribution < 1.29 is 4.39 Å². The lowest BCUT2D eigenvalue weighted by Crippen LogP contribution is -2.43. The van der Waals surface area contributed by atoms with E-state index in [1.54, 1.807) is 6.07 Å². The zero-order chi connectivity index (χ0) is 20.9. The molecule has 30 heavy (non-hydrogen) atoms. The van der Waals surface area contributed by atoms with Gasteiger partial charge in [0, 0.05) is 29.9 Å². The van der Waals surface area contributed by atoms with Gasteiger partial charge in [0.2, 0.25) is 0 Å². The van der Waals surface area contributed by atoms with E-state index in [-0.39, 0.29) is 11.9 Å². The minimum atomic E-state index is -0.242. The standard InChI is InChI=1S/C25H31FN4/c1-19(25-18-27-30(20(25)2)24-10-6-9-22(26)17-24)28-23-12-15-29(16-13-23)14-11-21-7-4-3-5-8-21/h3-10,17-19,23,28H,11-16H2,1-2H3/t19-/m0/s1. The number of piperidine rings is 1. The van der Waals surface area contributed by atoms with Crippen LogP contribution >= 0.6 is 0 Å². The molecule has 2 aromatic carbocycles. The number of aromatic nitrogens is 2. The van der Waals surface area contributed by atoms with Crippen molar-refractivity contribution in [2.45, 2.75) is 45.2 Å². The van der Waals surface area contributed by atoms with Crippen molar-refractivity contribution in [2.24, 2.45) is 0 Å². The molecule has 1 fully saturated rings. The molecule has 0 unspecified atom stereocenters. The summed E-state index contributed by atoms with van der Waals surface area (Å²) in [7, 11) is 0. The van der Waals surface area contributed by atoms with Crippen molar-refractivity contribution >= 4 is 0 Å². The van der Waals surface area contributed by atoms with Crippen molar-refractivity contribution in [3.8, 4) is 5.69 Å². The molecule has 4 rings (SSSR count). The van der Waals surface area contributed by atoms with Gasteiger partial charge in [-0.1, -0.05) is 36.4 Å². The Morgan fingerprint density at radius 3 is 2.60 bits per heavy atom. The van der Waals surface area contributed by atoms with Crippen LogP contribution in [0.3, 0.4) is 0 Å². The number of hydrogen-bond acceptors (Lipinski definition) is 3. The molecule has 1 aromatic heterocycles. The molecule has 1 aliphatic rings. The lowest BCUT2D eigenvalue weighted by Gasteiger charge is -2.34. The van der Waals surface area contributed by atoms with Gasteiger partial charge in [0.15, 0.2) is 0 Å². The normalized spacial score (nSPS) is 16.6. The number of hydrogen-bond donors (Lipinski definition) is 1. The van der Waals surface area contributed by atoms with E-state index < -0.39 is 0 Å². The van der Waals surface area contributed by atoms with Gasteiger partial charge in [-0.25, -0.2) is 9.07 Å². The highest BCUT2D eigenvalue weighted by Crippen LogP contribution is 2.23. The highest BCUT2D eigenvalue weighted by Gasteiger charge is 2.22. The number of nitrogens with one attached hydrogen (secondary N) is 1. The van der Waals surface area contributed by atoms with Crippen molar-refractivity contribution in [3.63, 3.8) is 0 Å². The van der Waals surface area contributed by atoms with Gasteiger partial charge in [0.1, 0.15) is 5.82 Å². The van der Waals surface area contributed by atoms with Crippen LogP contribution in [0.15, 0.2) is 60.8 Å². The zero-order valence-corrected chi connectivity index (χ0v) is 17.9. The van der Waals surface area contributed by atoms with E-state index in [1.165, 1.54) is 23.3 Å². The van der Waals surface area contributed by atoms with Crippen LogP contribution in [0.1, 0.15) is 42.6 Å². The van der Waals surface area contributed by atoms with E-state index in [0.717, 1.165) is 50.3 Å². The van der Waals surface area contributed by atoms with Gasteiger partial charge in [-0.2, -0.15) is 5.10 Å². The molecule has 1 saturated heterocycles. The smallest absolute Gasteiger partial charge is 0.125 e. The first kappa shape index (κ1) is 20.8. The summed E-state index contributed by atoms with van der Waals surface area (Å²) in [6, 6.07) is 18.0. The second kappa shape index (κ2) is 9.54. The maximum Gasteiger partial charge on any atom is 0.125 e. The minimum absolute atomic E-state index is 0.216. The molecule has 2 heterocycles. The summed E-state index contributed by atoms with van der Waals surface area (Å²) in [6.45, 7) is 7.66. The predicted octanol–water partition coefficient (Wildman–Crippen LogP) is 4.68. The van der Waals surface area contributed by atoms with E-state index in [1.807, 2.05) is 16.9 Å². The van der Waals surface area contributed by atoms with Gasteiger partial charge in [-0.3, -0.25) is 0 Å². The summed E-state index contributed by atoms with van der Waals surface area (Å²) in [5.41, 5.74) is 4.40. The molecule has 0 radical (unpaired) electrons. The summed E-state index contributed by atoms with van der Waals surface area (Å²) < 4.78 is 15.4. The minimum Gasteiger partial charge on any atom is -0.307 e. The fourth-order valence-corrected chi connectivity index (χ4v) is 4.41. The van der Waals surface area contributed by atoms with E-state index in [4.69, 9.17) is 0 Å². The molecule has 0 spiro atoms. The molecule has 4 nitrogen and oxygen atoms in total. The van der Waals surface area contributed by atoms with Gasteiger partial charge in [-0.15, -0.1) is 0 Å². The Balaban J connectivity index is 1.29. The summed E-state index contributed by atoms with van der Waals surface area (Å²) in [5.74, 6) is -0.242. The molecule has 0 bridgehead atoms. The quantitative estimate of drug-likeness (QED) is 0.619. The fraction of sp³-hybridized carbons (Fsp3) is 0.400. The molecule has 1 N–H and O–H groups in total. The Bertz CT molecular complexity index is 945. The number of halogens is 1. The fourth-order valence-electron chi connectivity index (χ4n) is 4.41. The monoisotopic (exact) mass is 406 g/mol. The SMILES string of the molecule is Cc1c([C@H](C)NC2CCN(CCc3ccccc3)CC2)cnn1-c1cccc(F)c1. The number of benzene rings is 2. The Kier molecular flexibility index (Phi) is 6.60. The van der Waals surface area contributed by atoms with Crippen LogP contribution in [-0.4, -0.2) is 40.4 Å². The molecule has 1 aliphatic heterocycles. The lowest BCUT2D eigenvalue weighted by molar-refractivity contribution is 0.194. The molecule has 0 amide bonds. The summed E-state index contributed by atoms with van der Waals surface area (Å²) in [6.07, 6.45) is 5.35. The lowest BCUT2D eigenvalue weighted by atomic mass is 10.0. The number of rotatable bonds is 7. The second-order valence-corrected chi connectivity index (χ2v) is 8.32. The predicted molar refractivity (Wildman–Crippen MR) is 119 cm³/mol. The molecule has 5 heteroatoms. The van der Waals surface area contributed by atoms with E-state index >= 15 is 0 Å². The average molecular weight is 407 g/mol. The van der Waals surface area contributed by atoms with Gasteiger partial charge in [0.05, 0.1) is 11.9 Å². The van der Waals surface area contributed by atoms with Crippen molar-refractivity contribution in [3.05, 3.63) is 83.4 Å². The Labute approximate surface area is 178 Å². The highest BCUT2D eigenvalue weighted by atomic mass is 19.1. The maximum absolute atomic E-state index is 13.6. The van der Waals surface area contributed by atoms with Gasteiger partial charge < -0.3 is 10.2 Å². The van der Waals surface area contributed by atoms with E-state index in [2.05, 4.69) is 59.5 Å². The van der Waals surface area contributed by atoms with E-state index in [0.29, 0.717) is 6.04 Å². The Morgan fingerprint density at radius 2 is 1.87 bits per heavy atom.